The molecular formula is C10H18O3Si. The topological polar surface area (TPSA) is 27.7 Å². The third kappa shape index (κ3) is 2.78. The molecule has 0 unspecified atom stereocenters. The molecule has 0 N–H and O–H groups in total. The summed E-state index contributed by atoms with van der Waals surface area (Å²) in [7, 11) is 2.59. The fourth-order valence-electron chi connectivity index (χ4n) is 1.55. The normalized spacial score (nSPS) is 16.1. The first-order valence-corrected chi connectivity index (χ1v) is 6.70. The Morgan fingerprint density at radius 3 is 2.29 bits per heavy atom. The number of rotatable bonds is 6. The molecule has 4 heteroatoms. The molecule has 0 heterocycles. The van der Waals surface area contributed by atoms with E-state index in [2.05, 4.69) is 18.2 Å². The van der Waals surface area contributed by atoms with Crippen molar-refractivity contribution in [1.29, 1.82) is 0 Å². The molecule has 0 fully saturated rings. The van der Waals surface area contributed by atoms with Gasteiger partial charge in [-0.05, 0) is 12.8 Å². The van der Waals surface area contributed by atoms with Gasteiger partial charge >= 0.3 is 8.80 Å². The van der Waals surface area contributed by atoms with Crippen LogP contribution in [0.4, 0.5) is 0 Å². The summed E-state index contributed by atoms with van der Waals surface area (Å²) in [5, 5.41) is 0. The van der Waals surface area contributed by atoms with Crippen molar-refractivity contribution in [3.05, 3.63) is 23.8 Å². The van der Waals surface area contributed by atoms with Gasteiger partial charge < -0.3 is 13.3 Å². The van der Waals surface area contributed by atoms with Crippen LogP contribution >= 0.6 is 0 Å². The van der Waals surface area contributed by atoms with Crippen LogP contribution < -0.4 is 0 Å². The standard InChI is InChI=1S/C10H18O3Si/c1-11-14(12-2,13-3)9-8-10-6-4-5-7-10/h4,6-7H,5,8-9H2,1-3H3. The smallest absolute Gasteiger partial charge is 0.377 e. The van der Waals surface area contributed by atoms with Crippen LogP contribution in [-0.2, 0) is 13.3 Å². The Kier molecular flexibility index (Phi) is 4.54. The maximum absolute atomic E-state index is 5.34. The fraction of sp³-hybridized carbons (Fsp3) is 0.600. The Labute approximate surface area is 86.7 Å². The first-order chi connectivity index (χ1) is 6.76. The minimum Gasteiger partial charge on any atom is -0.377 e. The highest BCUT2D eigenvalue weighted by Gasteiger charge is 2.37. The van der Waals surface area contributed by atoms with Gasteiger partial charge in [-0.2, -0.15) is 0 Å². The van der Waals surface area contributed by atoms with Gasteiger partial charge in [0.05, 0.1) is 0 Å². The Hall–Kier alpha value is -0.423. The molecule has 1 aliphatic rings. The summed E-state index contributed by atoms with van der Waals surface area (Å²) in [5.74, 6) is 0. The van der Waals surface area contributed by atoms with E-state index in [1.54, 1.807) is 21.3 Å². The molecule has 0 aromatic heterocycles. The summed E-state index contributed by atoms with van der Waals surface area (Å²) in [6, 6.07) is 0.840. The fourth-order valence-corrected chi connectivity index (χ4v) is 3.25. The van der Waals surface area contributed by atoms with E-state index >= 15 is 0 Å². The van der Waals surface area contributed by atoms with Crippen molar-refractivity contribution < 1.29 is 13.3 Å². The SMILES string of the molecule is CO[Si](CCC1=CCC=C1)(OC)OC. The van der Waals surface area contributed by atoms with Gasteiger partial charge in [0.15, 0.2) is 0 Å². The second kappa shape index (κ2) is 5.46. The van der Waals surface area contributed by atoms with Gasteiger partial charge in [0.2, 0.25) is 0 Å². The van der Waals surface area contributed by atoms with Crippen molar-refractivity contribution in [1.82, 2.24) is 0 Å². The summed E-state index contributed by atoms with van der Waals surface area (Å²) < 4.78 is 16.0. The van der Waals surface area contributed by atoms with Crippen molar-refractivity contribution in [2.24, 2.45) is 0 Å². The first-order valence-electron chi connectivity index (χ1n) is 4.77. The molecule has 0 aromatic rings. The molecule has 1 aliphatic carbocycles. The zero-order chi connectivity index (χ0) is 10.4. The monoisotopic (exact) mass is 214 g/mol. The molecule has 0 spiro atoms. The Bertz CT molecular complexity index is 223. The van der Waals surface area contributed by atoms with Gasteiger partial charge in [-0.3, -0.25) is 0 Å². The zero-order valence-electron chi connectivity index (χ0n) is 9.08. The van der Waals surface area contributed by atoms with E-state index in [9.17, 15) is 0 Å². The van der Waals surface area contributed by atoms with E-state index < -0.39 is 8.80 Å². The van der Waals surface area contributed by atoms with Crippen molar-refractivity contribution in [3.8, 4) is 0 Å². The van der Waals surface area contributed by atoms with E-state index in [4.69, 9.17) is 13.3 Å². The lowest BCUT2D eigenvalue weighted by molar-refractivity contribution is 0.124. The number of hydrogen-bond donors (Lipinski definition) is 0. The minimum absolute atomic E-state index is 0.840. The molecule has 0 aromatic carbocycles. The highest BCUT2D eigenvalue weighted by Crippen LogP contribution is 2.21. The van der Waals surface area contributed by atoms with Crippen LogP contribution in [0.1, 0.15) is 12.8 Å². The lowest BCUT2D eigenvalue weighted by atomic mass is 10.2. The van der Waals surface area contributed by atoms with Crippen LogP contribution in [0.5, 0.6) is 0 Å². The van der Waals surface area contributed by atoms with E-state index in [0.717, 1.165) is 18.9 Å². The molecule has 0 amide bonds. The summed E-state index contributed by atoms with van der Waals surface area (Å²) in [6.45, 7) is 0. The maximum Gasteiger partial charge on any atom is 0.500 e. The van der Waals surface area contributed by atoms with Crippen LogP contribution in [0.15, 0.2) is 23.8 Å². The highest BCUT2D eigenvalue weighted by molar-refractivity contribution is 6.60. The van der Waals surface area contributed by atoms with E-state index in [1.165, 1.54) is 5.57 Å². The van der Waals surface area contributed by atoms with Crippen LogP contribution in [0.3, 0.4) is 0 Å². The van der Waals surface area contributed by atoms with Crippen LogP contribution in [-0.4, -0.2) is 30.1 Å². The number of allylic oxidation sites excluding steroid dienone is 4. The van der Waals surface area contributed by atoms with Crippen LogP contribution in [0.2, 0.25) is 6.04 Å². The molecule has 0 atom stereocenters. The van der Waals surface area contributed by atoms with E-state index in [0.29, 0.717) is 0 Å². The lowest BCUT2D eigenvalue weighted by Crippen LogP contribution is -2.42. The first kappa shape index (κ1) is 11.7. The molecule has 3 nitrogen and oxygen atoms in total. The van der Waals surface area contributed by atoms with Gasteiger partial charge in [0, 0.05) is 27.4 Å². The largest absolute Gasteiger partial charge is 0.500 e. The minimum atomic E-state index is -2.36. The van der Waals surface area contributed by atoms with Crippen molar-refractivity contribution in [2.75, 3.05) is 21.3 Å². The van der Waals surface area contributed by atoms with Gasteiger partial charge in [-0.1, -0.05) is 23.8 Å². The average Bonchev–Trinajstić information content (AvgIpc) is 2.74. The van der Waals surface area contributed by atoms with Gasteiger partial charge in [0.1, 0.15) is 0 Å². The molecular weight excluding hydrogens is 196 g/mol. The Morgan fingerprint density at radius 1 is 1.21 bits per heavy atom. The van der Waals surface area contributed by atoms with Crippen LogP contribution in [0.25, 0.3) is 0 Å². The second-order valence-electron chi connectivity index (χ2n) is 3.21. The quantitative estimate of drug-likeness (QED) is 0.634. The summed E-state index contributed by atoms with van der Waals surface area (Å²) in [5.41, 5.74) is 1.35. The van der Waals surface area contributed by atoms with Gasteiger partial charge in [-0.25, -0.2) is 0 Å². The predicted octanol–water partition coefficient (Wildman–Crippen LogP) is 2.14. The number of hydrogen-bond acceptors (Lipinski definition) is 3. The molecule has 1 rings (SSSR count). The molecule has 0 aliphatic heterocycles. The van der Waals surface area contributed by atoms with E-state index in [1.807, 2.05) is 0 Å². The second-order valence-corrected chi connectivity index (χ2v) is 6.30. The Balaban J connectivity index is 2.43. The molecule has 0 saturated carbocycles. The molecule has 0 saturated heterocycles. The zero-order valence-corrected chi connectivity index (χ0v) is 10.1. The van der Waals surface area contributed by atoms with Gasteiger partial charge in [0.25, 0.3) is 0 Å². The Morgan fingerprint density at radius 2 is 1.86 bits per heavy atom. The predicted molar refractivity (Wildman–Crippen MR) is 58.0 cm³/mol. The average molecular weight is 214 g/mol. The van der Waals surface area contributed by atoms with Crippen molar-refractivity contribution >= 4 is 8.80 Å². The lowest BCUT2D eigenvalue weighted by Gasteiger charge is -2.24. The van der Waals surface area contributed by atoms with Gasteiger partial charge in [-0.15, -0.1) is 0 Å². The summed E-state index contributed by atoms with van der Waals surface area (Å²) in [6.07, 6.45) is 8.56. The third-order valence-corrected chi connectivity index (χ3v) is 5.23. The molecule has 0 bridgehead atoms. The summed E-state index contributed by atoms with van der Waals surface area (Å²) >= 11 is 0. The van der Waals surface area contributed by atoms with Crippen molar-refractivity contribution in [3.63, 3.8) is 0 Å². The third-order valence-electron chi connectivity index (χ3n) is 2.50. The molecule has 0 radical (unpaired) electrons. The van der Waals surface area contributed by atoms with Crippen molar-refractivity contribution in [2.45, 2.75) is 18.9 Å². The molecule has 80 valence electrons. The highest BCUT2D eigenvalue weighted by atomic mass is 28.4. The van der Waals surface area contributed by atoms with Crippen LogP contribution in [0, 0.1) is 0 Å². The maximum atomic E-state index is 5.34. The summed E-state index contributed by atoms with van der Waals surface area (Å²) in [4.78, 5) is 0. The van der Waals surface area contributed by atoms with E-state index in [-0.39, 0.29) is 0 Å². The molecule has 14 heavy (non-hydrogen) atoms.